The Kier molecular flexibility index (Phi) is 4.36. The molecular weight excluding hydrogens is 196 g/mol. The molecule has 0 aliphatic rings. The van der Waals surface area contributed by atoms with E-state index in [-0.39, 0.29) is 5.54 Å². The van der Waals surface area contributed by atoms with E-state index in [0.717, 1.165) is 13.0 Å². The average Bonchev–Trinajstić information content (AvgIpc) is 2.17. The quantitative estimate of drug-likeness (QED) is 0.759. The molecule has 2 nitrogen and oxygen atoms in total. The molecule has 1 aromatic rings. The molecule has 1 aromatic heterocycles. The van der Waals surface area contributed by atoms with E-state index >= 15 is 0 Å². The maximum atomic E-state index is 5.72. The predicted molar refractivity (Wildman–Crippen MR) is 60.5 cm³/mol. The van der Waals surface area contributed by atoms with E-state index in [1.165, 1.54) is 5.56 Å². The van der Waals surface area contributed by atoms with E-state index in [4.69, 9.17) is 11.6 Å². The van der Waals surface area contributed by atoms with E-state index in [2.05, 4.69) is 24.1 Å². The summed E-state index contributed by atoms with van der Waals surface area (Å²) in [6.45, 7) is 5.19. The van der Waals surface area contributed by atoms with Crippen molar-refractivity contribution in [2.75, 3.05) is 5.88 Å². The maximum Gasteiger partial charge on any atom is 0.0271 e. The SMILES string of the molecule is CC(C)(CCCl)NCc1ccncc1. The monoisotopic (exact) mass is 212 g/mol. The molecular formula is C11H17ClN2. The number of aromatic nitrogens is 1. The minimum atomic E-state index is 0.102. The molecule has 0 aromatic carbocycles. The lowest BCUT2D eigenvalue weighted by Gasteiger charge is -2.25. The van der Waals surface area contributed by atoms with Gasteiger partial charge in [-0.1, -0.05) is 0 Å². The highest BCUT2D eigenvalue weighted by Crippen LogP contribution is 2.10. The van der Waals surface area contributed by atoms with E-state index < -0.39 is 0 Å². The topological polar surface area (TPSA) is 24.9 Å². The first kappa shape index (κ1) is 11.5. The van der Waals surface area contributed by atoms with Crippen molar-refractivity contribution in [3.63, 3.8) is 0 Å². The number of alkyl halides is 1. The highest BCUT2D eigenvalue weighted by Gasteiger charge is 2.15. The summed E-state index contributed by atoms with van der Waals surface area (Å²) in [5.41, 5.74) is 1.35. The van der Waals surface area contributed by atoms with Crippen LogP contribution in [0.2, 0.25) is 0 Å². The lowest BCUT2D eigenvalue weighted by Crippen LogP contribution is -2.39. The largest absolute Gasteiger partial charge is 0.308 e. The van der Waals surface area contributed by atoms with Gasteiger partial charge < -0.3 is 5.32 Å². The highest BCUT2D eigenvalue weighted by atomic mass is 35.5. The standard InChI is InChI=1S/C11H17ClN2/c1-11(2,5-6-12)14-9-10-3-7-13-8-4-10/h3-4,7-8,14H,5-6,9H2,1-2H3. The molecule has 0 unspecified atom stereocenters. The zero-order valence-corrected chi connectivity index (χ0v) is 9.51. The Hall–Kier alpha value is -0.600. The van der Waals surface area contributed by atoms with Gasteiger partial charge in [0.1, 0.15) is 0 Å². The van der Waals surface area contributed by atoms with Crippen LogP contribution in [0.1, 0.15) is 25.8 Å². The summed E-state index contributed by atoms with van der Waals surface area (Å²) in [7, 11) is 0. The number of nitrogens with one attached hydrogen (secondary N) is 1. The zero-order chi connectivity index (χ0) is 10.4. The maximum absolute atomic E-state index is 5.72. The van der Waals surface area contributed by atoms with Crippen molar-refractivity contribution in [2.24, 2.45) is 0 Å². The van der Waals surface area contributed by atoms with Gasteiger partial charge >= 0.3 is 0 Å². The third-order valence-corrected chi connectivity index (χ3v) is 2.43. The first-order valence-electron chi connectivity index (χ1n) is 4.84. The first-order valence-corrected chi connectivity index (χ1v) is 5.37. The molecule has 0 saturated carbocycles. The summed E-state index contributed by atoms with van der Waals surface area (Å²) >= 11 is 5.72. The fourth-order valence-electron chi connectivity index (χ4n) is 1.17. The van der Waals surface area contributed by atoms with E-state index in [1.807, 2.05) is 24.5 Å². The van der Waals surface area contributed by atoms with E-state index in [9.17, 15) is 0 Å². The van der Waals surface area contributed by atoms with Crippen molar-refractivity contribution < 1.29 is 0 Å². The van der Waals surface area contributed by atoms with Crippen LogP contribution in [-0.2, 0) is 6.54 Å². The van der Waals surface area contributed by atoms with Crippen LogP contribution in [0.4, 0.5) is 0 Å². The number of hydrogen-bond acceptors (Lipinski definition) is 2. The molecule has 0 bridgehead atoms. The summed E-state index contributed by atoms with van der Waals surface area (Å²) in [6.07, 6.45) is 4.59. The molecule has 0 aliphatic carbocycles. The van der Waals surface area contributed by atoms with Gasteiger partial charge in [-0.2, -0.15) is 0 Å². The zero-order valence-electron chi connectivity index (χ0n) is 8.76. The summed E-state index contributed by atoms with van der Waals surface area (Å²) in [5.74, 6) is 0.691. The second kappa shape index (κ2) is 5.32. The second-order valence-electron chi connectivity index (χ2n) is 4.03. The van der Waals surface area contributed by atoms with Gasteiger partial charge in [-0.25, -0.2) is 0 Å². The Morgan fingerprint density at radius 2 is 2.00 bits per heavy atom. The van der Waals surface area contributed by atoms with Crippen molar-refractivity contribution in [2.45, 2.75) is 32.4 Å². The van der Waals surface area contributed by atoms with Gasteiger partial charge in [-0.05, 0) is 38.0 Å². The van der Waals surface area contributed by atoms with E-state index in [1.54, 1.807) is 0 Å². The molecule has 0 atom stereocenters. The van der Waals surface area contributed by atoms with Crippen LogP contribution in [0, 0.1) is 0 Å². The number of pyridine rings is 1. The van der Waals surface area contributed by atoms with Crippen molar-refractivity contribution in [3.05, 3.63) is 30.1 Å². The Bertz CT molecular complexity index is 259. The molecule has 0 radical (unpaired) electrons. The molecule has 14 heavy (non-hydrogen) atoms. The average molecular weight is 213 g/mol. The molecule has 78 valence electrons. The van der Waals surface area contributed by atoms with Crippen LogP contribution in [0.15, 0.2) is 24.5 Å². The van der Waals surface area contributed by atoms with Crippen molar-refractivity contribution in [1.82, 2.24) is 10.3 Å². The molecule has 1 heterocycles. The third kappa shape index (κ3) is 4.07. The van der Waals surface area contributed by atoms with Crippen LogP contribution in [0.3, 0.4) is 0 Å². The van der Waals surface area contributed by atoms with Gasteiger partial charge in [0.15, 0.2) is 0 Å². The van der Waals surface area contributed by atoms with Gasteiger partial charge in [-0.3, -0.25) is 4.98 Å². The molecule has 0 spiro atoms. The minimum Gasteiger partial charge on any atom is -0.308 e. The highest BCUT2D eigenvalue weighted by molar-refractivity contribution is 6.17. The van der Waals surface area contributed by atoms with Gasteiger partial charge in [0.25, 0.3) is 0 Å². The smallest absolute Gasteiger partial charge is 0.0271 e. The molecule has 1 rings (SSSR count). The number of hydrogen-bond donors (Lipinski definition) is 1. The number of nitrogens with zero attached hydrogens (tertiary/aromatic N) is 1. The summed E-state index contributed by atoms with van der Waals surface area (Å²) in [4.78, 5) is 3.98. The number of rotatable bonds is 5. The lowest BCUT2D eigenvalue weighted by molar-refractivity contribution is 0.376. The summed E-state index contributed by atoms with van der Waals surface area (Å²) in [6, 6.07) is 4.04. The molecule has 1 N–H and O–H groups in total. The number of halogens is 1. The van der Waals surface area contributed by atoms with Crippen molar-refractivity contribution >= 4 is 11.6 Å². The first-order chi connectivity index (χ1) is 6.64. The molecule has 0 amide bonds. The predicted octanol–water partition coefficient (Wildman–Crippen LogP) is 2.58. The van der Waals surface area contributed by atoms with Crippen LogP contribution < -0.4 is 5.32 Å². The van der Waals surface area contributed by atoms with Gasteiger partial charge in [0.2, 0.25) is 0 Å². The molecule has 3 heteroatoms. The summed E-state index contributed by atoms with van der Waals surface area (Å²) in [5, 5.41) is 3.46. The molecule has 0 fully saturated rings. The summed E-state index contributed by atoms with van der Waals surface area (Å²) < 4.78 is 0. The minimum absolute atomic E-state index is 0.102. The molecule has 0 saturated heterocycles. The molecule has 0 aliphatic heterocycles. The Labute approximate surface area is 90.7 Å². The fraction of sp³-hybridized carbons (Fsp3) is 0.545. The van der Waals surface area contributed by atoms with E-state index in [0.29, 0.717) is 5.88 Å². The van der Waals surface area contributed by atoms with Crippen LogP contribution in [0.25, 0.3) is 0 Å². The Balaban J connectivity index is 2.40. The van der Waals surface area contributed by atoms with Crippen LogP contribution >= 0.6 is 11.6 Å². The van der Waals surface area contributed by atoms with Gasteiger partial charge in [0, 0.05) is 30.4 Å². The fourth-order valence-corrected chi connectivity index (χ4v) is 1.64. The van der Waals surface area contributed by atoms with Crippen molar-refractivity contribution in [1.29, 1.82) is 0 Å². The van der Waals surface area contributed by atoms with Crippen LogP contribution in [0.5, 0.6) is 0 Å². The third-order valence-electron chi connectivity index (χ3n) is 2.24. The van der Waals surface area contributed by atoms with Gasteiger partial charge in [-0.15, -0.1) is 11.6 Å². The Morgan fingerprint density at radius 3 is 2.57 bits per heavy atom. The lowest BCUT2D eigenvalue weighted by atomic mass is 10.0. The second-order valence-corrected chi connectivity index (χ2v) is 4.41. The van der Waals surface area contributed by atoms with Crippen LogP contribution in [-0.4, -0.2) is 16.4 Å². The van der Waals surface area contributed by atoms with Gasteiger partial charge in [0.05, 0.1) is 0 Å². The van der Waals surface area contributed by atoms with Crippen molar-refractivity contribution in [3.8, 4) is 0 Å². The normalized spacial score (nSPS) is 11.6. The Morgan fingerprint density at radius 1 is 1.36 bits per heavy atom.